The van der Waals surface area contributed by atoms with Gasteiger partial charge in [0, 0.05) is 39.3 Å². The maximum absolute atomic E-state index is 12.5. The number of halogens is 2. The van der Waals surface area contributed by atoms with Gasteiger partial charge in [-0.3, -0.25) is 4.79 Å². The van der Waals surface area contributed by atoms with E-state index >= 15 is 0 Å². The van der Waals surface area contributed by atoms with Crippen molar-refractivity contribution >= 4 is 41.6 Å². The second kappa shape index (κ2) is 15.6. The molecule has 11 heteroatoms. The van der Waals surface area contributed by atoms with E-state index in [1.165, 1.54) is 0 Å². The Kier molecular flexibility index (Phi) is 13.7. The van der Waals surface area contributed by atoms with Gasteiger partial charge in [-0.05, 0) is 48.2 Å². The smallest absolute Gasteiger partial charge is 0.313 e. The van der Waals surface area contributed by atoms with Gasteiger partial charge in [-0.15, -0.1) is 34.9 Å². The lowest BCUT2D eigenvalue weighted by molar-refractivity contribution is -0.757. The Labute approximate surface area is 218 Å². The molecule has 0 radical (unpaired) electrons. The molecule has 9 nitrogen and oxygen atoms in total. The highest BCUT2D eigenvalue weighted by Gasteiger charge is 2.19. The number of hydrogen-bond donors (Lipinski definition) is 0. The van der Waals surface area contributed by atoms with Crippen molar-refractivity contribution in [3.05, 3.63) is 52.1 Å². The van der Waals surface area contributed by atoms with Crippen LogP contribution >= 0.6 is 24.8 Å². The van der Waals surface area contributed by atoms with Crippen molar-refractivity contribution in [1.82, 2.24) is 9.80 Å². The van der Waals surface area contributed by atoms with E-state index in [0.717, 1.165) is 67.8 Å². The van der Waals surface area contributed by atoms with Gasteiger partial charge in [0.15, 0.2) is 0 Å². The number of ether oxygens (including phenoxy) is 2. The lowest BCUT2D eigenvalue weighted by atomic mass is 9.98. The molecule has 0 aromatic heterocycles. The fraction of sp³-hybridized carbons (Fsp3) is 0.542. The molecule has 0 bridgehead atoms. The lowest BCUT2D eigenvalue weighted by Gasteiger charge is -2.34. The third-order valence-electron chi connectivity index (χ3n) is 6.07. The quantitative estimate of drug-likeness (QED) is 0.176. The van der Waals surface area contributed by atoms with Crippen molar-refractivity contribution in [2.75, 3.05) is 59.6 Å². The zero-order valence-electron chi connectivity index (χ0n) is 20.2. The first kappa shape index (κ1) is 30.7. The SMILES string of the molecule is COc1ccc2cc([C@H](C)C(=O)OCCCN3CCN(CCCO[N+](=O)[O-])CC3)ccc2c1.Cl.Cl. The van der Waals surface area contributed by atoms with E-state index in [-0.39, 0.29) is 43.3 Å². The van der Waals surface area contributed by atoms with Crippen LogP contribution in [-0.2, 0) is 14.4 Å². The van der Waals surface area contributed by atoms with Crippen LogP contribution in [0.2, 0.25) is 0 Å². The van der Waals surface area contributed by atoms with E-state index in [1.807, 2.05) is 43.3 Å². The predicted octanol–water partition coefficient (Wildman–Crippen LogP) is 3.94. The Bertz CT molecular complexity index is 941. The lowest BCUT2D eigenvalue weighted by Crippen LogP contribution is -2.47. The van der Waals surface area contributed by atoms with Gasteiger partial charge in [0.1, 0.15) is 5.75 Å². The molecule has 1 atom stereocenters. The van der Waals surface area contributed by atoms with E-state index in [4.69, 9.17) is 9.47 Å². The molecule has 0 spiro atoms. The number of rotatable bonds is 12. The van der Waals surface area contributed by atoms with E-state index in [0.29, 0.717) is 13.0 Å². The number of esters is 1. The summed E-state index contributed by atoms with van der Waals surface area (Å²) in [5, 5.41) is 11.6. The molecule has 1 heterocycles. The number of carbonyl (C=O) groups excluding carboxylic acids is 1. The van der Waals surface area contributed by atoms with Crippen LogP contribution in [0, 0.1) is 10.1 Å². The average molecular weight is 532 g/mol. The molecular weight excluding hydrogens is 497 g/mol. The fourth-order valence-corrected chi connectivity index (χ4v) is 4.02. The molecule has 2 aromatic rings. The van der Waals surface area contributed by atoms with Crippen molar-refractivity contribution in [3.63, 3.8) is 0 Å². The minimum Gasteiger partial charge on any atom is -0.497 e. The zero-order chi connectivity index (χ0) is 23.6. The number of hydrogen-bond acceptors (Lipinski definition) is 8. The standard InChI is InChI=1S/C24H33N3O6.2ClH/c1-19(20-5-6-22-18-23(31-2)8-7-21(22)17-20)24(28)32-15-3-9-25-11-13-26(14-12-25)10-4-16-33-27(29)30;;/h5-8,17-19H,3-4,9-16H2,1-2H3;2*1H/t19-;;/m0../s1. The summed E-state index contributed by atoms with van der Waals surface area (Å²) in [5.41, 5.74) is 0.942. The first-order valence-electron chi connectivity index (χ1n) is 11.4. The minimum absolute atomic E-state index is 0. The number of fused-ring (bicyclic) bond motifs is 1. The highest BCUT2D eigenvalue weighted by Crippen LogP contribution is 2.25. The van der Waals surface area contributed by atoms with Gasteiger partial charge in [-0.1, -0.05) is 24.3 Å². The molecule has 35 heavy (non-hydrogen) atoms. The van der Waals surface area contributed by atoms with Crippen LogP contribution in [0.15, 0.2) is 36.4 Å². The van der Waals surface area contributed by atoms with Crippen LogP contribution < -0.4 is 4.74 Å². The van der Waals surface area contributed by atoms with Crippen molar-refractivity contribution in [2.24, 2.45) is 0 Å². The highest BCUT2D eigenvalue weighted by atomic mass is 35.5. The first-order chi connectivity index (χ1) is 16.0. The summed E-state index contributed by atoms with van der Waals surface area (Å²) in [4.78, 5) is 31.7. The number of nitrogens with zero attached hydrogens (tertiary/aromatic N) is 3. The molecular formula is C24H35Cl2N3O6. The molecule has 1 aliphatic rings. The number of piperazine rings is 1. The van der Waals surface area contributed by atoms with Gasteiger partial charge in [0.2, 0.25) is 0 Å². The maximum atomic E-state index is 12.5. The molecule has 3 rings (SSSR count). The molecule has 0 unspecified atom stereocenters. The molecule has 1 aliphatic heterocycles. The van der Waals surface area contributed by atoms with E-state index in [1.54, 1.807) is 7.11 Å². The summed E-state index contributed by atoms with van der Waals surface area (Å²) in [6.45, 7) is 7.88. The van der Waals surface area contributed by atoms with Crippen LogP contribution in [0.1, 0.15) is 31.2 Å². The molecule has 0 N–H and O–H groups in total. The molecule has 196 valence electrons. The molecule has 0 saturated carbocycles. The zero-order valence-corrected chi connectivity index (χ0v) is 21.9. The first-order valence-corrected chi connectivity index (χ1v) is 11.4. The Morgan fingerprint density at radius 3 is 2.14 bits per heavy atom. The van der Waals surface area contributed by atoms with Gasteiger partial charge in [-0.25, -0.2) is 0 Å². The molecule has 0 amide bonds. The van der Waals surface area contributed by atoms with Crippen LogP contribution in [0.25, 0.3) is 10.8 Å². The number of methoxy groups -OCH3 is 1. The third-order valence-corrected chi connectivity index (χ3v) is 6.07. The van der Waals surface area contributed by atoms with Gasteiger partial charge < -0.3 is 24.1 Å². The Morgan fingerprint density at radius 2 is 1.54 bits per heavy atom. The monoisotopic (exact) mass is 531 g/mol. The van der Waals surface area contributed by atoms with E-state index in [9.17, 15) is 14.9 Å². The Hall–Kier alpha value is -2.33. The van der Waals surface area contributed by atoms with Crippen LogP contribution in [0.3, 0.4) is 0 Å². The molecule has 0 aliphatic carbocycles. The summed E-state index contributed by atoms with van der Waals surface area (Å²) in [6.07, 6.45) is 1.45. The fourth-order valence-electron chi connectivity index (χ4n) is 4.02. The van der Waals surface area contributed by atoms with Crippen molar-refractivity contribution in [2.45, 2.75) is 25.7 Å². The topological polar surface area (TPSA) is 94.4 Å². The number of carbonyl (C=O) groups is 1. The van der Waals surface area contributed by atoms with Gasteiger partial charge >= 0.3 is 5.97 Å². The van der Waals surface area contributed by atoms with Crippen LogP contribution in [-0.4, -0.2) is 80.4 Å². The Morgan fingerprint density at radius 1 is 0.971 bits per heavy atom. The van der Waals surface area contributed by atoms with Crippen molar-refractivity contribution in [3.8, 4) is 5.75 Å². The largest absolute Gasteiger partial charge is 0.497 e. The van der Waals surface area contributed by atoms with Crippen LogP contribution in [0.5, 0.6) is 5.75 Å². The van der Waals surface area contributed by atoms with E-state index in [2.05, 4.69) is 14.6 Å². The molecule has 1 saturated heterocycles. The third kappa shape index (κ3) is 9.68. The van der Waals surface area contributed by atoms with Gasteiger partial charge in [0.05, 0.1) is 26.2 Å². The van der Waals surface area contributed by atoms with E-state index < -0.39 is 5.09 Å². The van der Waals surface area contributed by atoms with Gasteiger partial charge in [-0.2, -0.15) is 0 Å². The average Bonchev–Trinajstić information content (AvgIpc) is 2.83. The second-order valence-corrected chi connectivity index (χ2v) is 8.31. The molecule has 1 fully saturated rings. The summed E-state index contributed by atoms with van der Waals surface area (Å²) >= 11 is 0. The predicted molar refractivity (Wildman–Crippen MR) is 139 cm³/mol. The van der Waals surface area contributed by atoms with Crippen LogP contribution in [0.4, 0.5) is 0 Å². The minimum atomic E-state index is -0.745. The summed E-state index contributed by atoms with van der Waals surface area (Å²) in [5.74, 6) is 0.287. The number of benzene rings is 2. The normalized spacial score (nSPS) is 14.9. The second-order valence-electron chi connectivity index (χ2n) is 8.31. The highest BCUT2D eigenvalue weighted by molar-refractivity contribution is 5.87. The summed E-state index contributed by atoms with van der Waals surface area (Å²) in [6, 6.07) is 11.9. The summed E-state index contributed by atoms with van der Waals surface area (Å²) in [7, 11) is 1.65. The van der Waals surface area contributed by atoms with Crippen molar-refractivity contribution in [1.29, 1.82) is 0 Å². The van der Waals surface area contributed by atoms with Gasteiger partial charge in [0.25, 0.3) is 5.09 Å². The maximum Gasteiger partial charge on any atom is 0.313 e. The Balaban J connectivity index is 0.00000306. The molecule has 2 aromatic carbocycles. The summed E-state index contributed by atoms with van der Waals surface area (Å²) < 4.78 is 10.8. The van der Waals surface area contributed by atoms with Crippen molar-refractivity contribution < 1.29 is 24.2 Å².